The maximum absolute atomic E-state index is 13.1. The van der Waals surface area contributed by atoms with Gasteiger partial charge in [0.15, 0.2) is 0 Å². The molecule has 1 aromatic heterocycles. The van der Waals surface area contributed by atoms with E-state index >= 15 is 0 Å². The zero-order valence-corrected chi connectivity index (χ0v) is 16.3. The molecule has 7 heteroatoms. The summed E-state index contributed by atoms with van der Waals surface area (Å²) in [4.78, 5) is 19.9. The van der Waals surface area contributed by atoms with Gasteiger partial charge in [-0.15, -0.1) is 0 Å². The zero-order valence-electron chi connectivity index (χ0n) is 16.3. The predicted molar refractivity (Wildman–Crippen MR) is 105 cm³/mol. The first-order chi connectivity index (χ1) is 13.6. The molecule has 4 saturated heterocycles. The summed E-state index contributed by atoms with van der Waals surface area (Å²) < 4.78 is 4.89. The second-order valence-electron chi connectivity index (χ2n) is 8.53. The molecule has 2 amide bonds. The summed E-state index contributed by atoms with van der Waals surface area (Å²) >= 11 is 0. The Balaban J connectivity index is 1.43. The molecule has 148 valence electrons. The summed E-state index contributed by atoms with van der Waals surface area (Å²) in [6.07, 6.45) is 1.54. The summed E-state index contributed by atoms with van der Waals surface area (Å²) in [7, 11) is 1.81. The molecule has 0 spiro atoms. The van der Waals surface area contributed by atoms with Crippen LogP contribution in [0.15, 0.2) is 47.2 Å². The molecule has 4 aliphatic heterocycles. The third kappa shape index (κ3) is 2.99. The van der Waals surface area contributed by atoms with Gasteiger partial charge >= 0.3 is 6.03 Å². The molecule has 0 radical (unpaired) electrons. The minimum atomic E-state index is -0.0662. The number of hydrogen-bond donors (Lipinski definition) is 1. The first-order valence-electron chi connectivity index (χ1n) is 10.1. The maximum atomic E-state index is 13.1. The van der Waals surface area contributed by atoms with E-state index in [1.165, 1.54) is 11.8 Å². The van der Waals surface area contributed by atoms with E-state index in [2.05, 4.69) is 50.6 Å². The summed E-state index contributed by atoms with van der Waals surface area (Å²) in [6.45, 7) is 6.81. The highest BCUT2D eigenvalue weighted by Gasteiger charge is 2.55. The van der Waals surface area contributed by atoms with Gasteiger partial charge in [0.25, 0.3) is 0 Å². The summed E-state index contributed by atoms with van der Waals surface area (Å²) in [5.74, 6) is 0.439. The standard InChI is InChI=1S/C21H27N5O2/c1-24(13-18-7-10-28-23-18)20(27)22-19-16-11-25-8-9-26(12-16)15-21(19,14-25)17-5-3-2-4-6-17/h2-7,10,16,19H,8-9,11-15H2,1H3,(H,22,27)/t16?,19-,21?/m1/s1. The van der Waals surface area contributed by atoms with E-state index < -0.39 is 0 Å². The molecule has 1 N–H and O–H groups in total. The van der Waals surface area contributed by atoms with E-state index in [-0.39, 0.29) is 17.5 Å². The van der Waals surface area contributed by atoms with Crippen LogP contribution in [0.1, 0.15) is 11.3 Å². The van der Waals surface area contributed by atoms with E-state index in [0.717, 1.165) is 45.0 Å². The molecule has 1 aromatic carbocycles. The number of aromatic nitrogens is 1. The highest BCUT2D eigenvalue weighted by atomic mass is 16.5. The molecule has 5 heterocycles. The number of nitrogens with zero attached hydrogens (tertiary/aromatic N) is 4. The largest absolute Gasteiger partial charge is 0.364 e. The third-order valence-electron chi connectivity index (χ3n) is 6.66. The molecule has 3 atom stereocenters. The normalized spacial score (nSPS) is 33.5. The topological polar surface area (TPSA) is 64.9 Å². The van der Waals surface area contributed by atoms with Crippen LogP contribution in [0.25, 0.3) is 0 Å². The van der Waals surface area contributed by atoms with Gasteiger partial charge < -0.3 is 24.5 Å². The number of carbonyl (C=O) groups excluding carboxylic acids is 1. The maximum Gasteiger partial charge on any atom is 0.317 e. The smallest absolute Gasteiger partial charge is 0.317 e. The molecule has 7 nitrogen and oxygen atoms in total. The Hall–Kier alpha value is -2.38. The van der Waals surface area contributed by atoms with Gasteiger partial charge in [0.2, 0.25) is 0 Å². The minimum absolute atomic E-state index is 0.0422. The van der Waals surface area contributed by atoms with E-state index in [1.807, 2.05) is 7.05 Å². The number of rotatable bonds is 4. The van der Waals surface area contributed by atoms with Crippen LogP contribution < -0.4 is 5.32 Å². The van der Waals surface area contributed by atoms with Gasteiger partial charge in [-0.1, -0.05) is 35.5 Å². The number of benzene rings is 1. The van der Waals surface area contributed by atoms with Crippen LogP contribution >= 0.6 is 0 Å². The van der Waals surface area contributed by atoms with Crippen molar-refractivity contribution in [3.8, 4) is 0 Å². The second kappa shape index (κ2) is 6.90. The first kappa shape index (κ1) is 17.7. The van der Waals surface area contributed by atoms with Gasteiger partial charge in [0.05, 0.1) is 6.54 Å². The van der Waals surface area contributed by atoms with Crippen LogP contribution in [0.3, 0.4) is 0 Å². The Morgan fingerprint density at radius 1 is 1.21 bits per heavy atom. The Labute approximate surface area is 165 Å². The fraction of sp³-hybridized carbons (Fsp3) is 0.524. The number of fused-ring (bicyclic) bond motifs is 1. The second-order valence-corrected chi connectivity index (χ2v) is 8.53. The fourth-order valence-electron chi connectivity index (χ4n) is 5.45. The van der Waals surface area contributed by atoms with Crippen molar-refractivity contribution in [2.24, 2.45) is 5.92 Å². The molecule has 4 fully saturated rings. The summed E-state index contributed by atoms with van der Waals surface area (Å²) in [6, 6.07) is 12.6. The van der Waals surface area contributed by atoms with Crippen LogP contribution in [-0.2, 0) is 12.0 Å². The molecule has 4 bridgehead atoms. The molecule has 2 aromatic rings. The zero-order chi connectivity index (χ0) is 19.1. The van der Waals surface area contributed by atoms with Gasteiger partial charge in [-0.3, -0.25) is 0 Å². The molecular weight excluding hydrogens is 354 g/mol. The van der Waals surface area contributed by atoms with Crippen molar-refractivity contribution in [1.29, 1.82) is 0 Å². The minimum Gasteiger partial charge on any atom is -0.364 e. The van der Waals surface area contributed by atoms with Crippen molar-refractivity contribution < 1.29 is 9.32 Å². The first-order valence-corrected chi connectivity index (χ1v) is 10.1. The fourth-order valence-corrected chi connectivity index (χ4v) is 5.45. The Bertz CT molecular complexity index is 809. The predicted octanol–water partition coefficient (Wildman–Crippen LogP) is 1.38. The highest BCUT2D eigenvalue weighted by molar-refractivity contribution is 5.74. The number of amides is 2. The number of hydrogen-bond acceptors (Lipinski definition) is 5. The Kier molecular flexibility index (Phi) is 4.36. The van der Waals surface area contributed by atoms with Gasteiger partial charge in [-0.2, -0.15) is 0 Å². The number of urea groups is 1. The van der Waals surface area contributed by atoms with Crippen LogP contribution in [0.2, 0.25) is 0 Å². The average Bonchev–Trinajstić information content (AvgIpc) is 3.08. The third-order valence-corrected chi connectivity index (χ3v) is 6.66. The number of piperidine rings is 2. The van der Waals surface area contributed by atoms with E-state index in [4.69, 9.17) is 4.52 Å². The molecule has 0 aliphatic carbocycles. The van der Waals surface area contributed by atoms with Crippen molar-refractivity contribution in [3.05, 3.63) is 53.9 Å². The van der Waals surface area contributed by atoms with Crippen LogP contribution in [0, 0.1) is 5.92 Å². The summed E-state index contributed by atoms with van der Waals surface area (Å²) in [5, 5.41) is 7.34. The lowest BCUT2D eigenvalue weighted by molar-refractivity contribution is 0.0210. The lowest BCUT2D eigenvalue weighted by Gasteiger charge is -2.56. The Morgan fingerprint density at radius 2 is 1.93 bits per heavy atom. The summed E-state index contributed by atoms with van der Waals surface area (Å²) in [5.41, 5.74) is 2.03. The van der Waals surface area contributed by atoms with Crippen molar-refractivity contribution >= 4 is 6.03 Å². The quantitative estimate of drug-likeness (QED) is 0.867. The van der Waals surface area contributed by atoms with Gasteiger partial charge in [0.1, 0.15) is 12.0 Å². The van der Waals surface area contributed by atoms with Crippen molar-refractivity contribution in [2.45, 2.75) is 18.0 Å². The lowest BCUT2D eigenvalue weighted by atomic mass is 9.64. The van der Waals surface area contributed by atoms with Crippen LogP contribution in [-0.4, -0.2) is 78.2 Å². The molecule has 28 heavy (non-hydrogen) atoms. The van der Waals surface area contributed by atoms with Crippen LogP contribution in [0.4, 0.5) is 4.79 Å². The van der Waals surface area contributed by atoms with Crippen molar-refractivity contribution in [2.75, 3.05) is 46.3 Å². The van der Waals surface area contributed by atoms with E-state index in [9.17, 15) is 4.79 Å². The Morgan fingerprint density at radius 3 is 2.57 bits per heavy atom. The molecule has 2 unspecified atom stereocenters. The molecule has 6 rings (SSSR count). The average molecular weight is 381 g/mol. The van der Waals surface area contributed by atoms with Crippen LogP contribution in [0.5, 0.6) is 0 Å². The van der Waals surface area contributed by atoms with Gasteiger partial charge in [-0.05, 0) is 5.56 Å². The van der Waals surface area contributed by atoms with E-state index in [1.54, 1.807) is 11.0 Å². The van der Waals surface area contributed by atoms with Crippen molar-refractivity contribution in [3.63, 3.8) is 0 Å². The lowest BCUT2D eigenvalue weighted by Crippen LogP contribution is -2.71. The molecule has 0 saturated carbocycles. The SMILES string of the molecule is CN(Cc1ccon1)C(=O)N[C@@H]1C2CN3CCN(C2)CC1(c1ccccc1)C3. The van der Waals surface area contributed by atoms with Gasteiger partial charge in [-0.25, -0.2) is 4.79 Å². The molecular formula is C21H27N5O2. The number of carbonyl (C=O) groups is 1. The monoisotopic (exact) mass is 381 g/mol. The van der Waals surface area contributed by atoms with E-state index in [0.29, 0.717) is 12.5 Å². The number of nitrogens with one attached hydrogen (secondary N) is 1. The molecule has 4 aliphatic rings. The highest BCUT2D eigenvalue weighted by Crippen LogP contribution is 2.43. The van der Waals surface area contributed by atoms with Crippen molar-refractivity contribution in [1.82, 2.24) is 25.2 Å². The van der Waals surface area contributed by atoms with Gasteiger partial charge in [0, 0.05) is 69.8 Å².